The van der Waals surface area contributed by atoms with Gasteiger partial charge in [0.05, 0.1) is 13.0 Å². The summed E-state index contributed by atoms with van der Waals surface area (Å²) in [5.41, 5.74) is 0. The second-order valence-electron chi connectivity index (χ2n) is 4.79. The number of nitrogens with zero attached hydrogens (tertiary/aromatic N) is 1. The third-order valence-electron chi connectivity index (χ3n) is 3.40. The Labute approximate surface area is 99.9 Å². The van der Waals surface area contributed by atoms with Crippen molar-refractivity contribution in [1.29, 1.82) is 0 Å². The molecule has 96 valence electrons. The summed E-state index contributed by atoms with van der Waals surface area (Å²) in [7, 11) is 1.31. The minimum atomic E-state index is -0.785. The normalized spacial score (nSPS) is 29.7. The van der Waals surface area contributed by atoms with Gasteiger partial charge >= 0.3 is 12.1 Å². The van der Waals surface area contributed by atoms with Crippen LogP contribution in [0.5, 0.6) is 0 Å². The molecular weight excluding hydrogens is 224 g/mol. The Hall–Kier alpha value is -1.30. The minimum absolute atomic E-state index is 0.127. The number of carbonyl (C=O) groups is 2. The van der Waals surface area contributed by atoms with Gasteiger partial charge in [-0.1, -0.05) is 0 Å². The van der Waals surface area contributed by atoms with Crippen molar-refractivity contribution in [2.45, 2.75) is 31.3 Å². The van der Waals surface area contributed by atoms with Crippen LogP contribution in [0.2, 0.25) is 0 Å². The summed E-state index contributed by atoms with van der Waals surface area (Å²) in [6, 6.07) is 0.386. The molecule has 1 aliphatic heterocycles. The molecule has 17 heavy (non-hydrogen) atoms. The monoisotopic (exact) mass is 242 g/mol. The largest absolute Gasteiger partial charge is 0.481 e. The van der Waals surface area contributed by atoms with Crippen LogP contribution in [-0.4, -0.2) is 54.4 Å². The van der Waals surface area contributed by atoms with Gasteiger partial charge in [0.25, 0.3) is 0 Å². The molecule has 1 amide bonds. The highest BCUT2D eigenvalue weighted by Gasteiger charge is 2.38. The Balaban J connectivity index is 1.95. The van der Waals surface area contributed by atoms with Gasteiger partial charge in [-0.2, -0.15) is 0 Å². The molecule has 0 spiro atoms. The number of hydrogen-bond acceptors (Lipinski definition) is 4. The number of piperidine rings is 1. The lowest BCUT2D eigenvalue weighted by Gasteiger charge is -2.36. The summed E-state index contributed by atoms with van der Waals surface area (Å²) in [4.78, 5) is 24.4. The molecule has 1 saturated carbocycles. The van der Waals surface area contributed by atoms with Gasteiger partial charge in [0.15, 0.2) is 0 Å². The smallest absolute Gasteiger partial charge is 0.407 e. The van der Waals surface area contributed by atoms with Gasteiger partial charge in [-0.3, -0.25) is 9.69 Å². The van der Waals surface area contributed by atoms with Crippen LogP contribution in [-0.2, 0) is 9.53 Å². The maximum atomic E-state index is 11.1. The molecule has 1 heterocycles. The van der Waals surface area contributed by atoms with Crippen molar-refractivity contribution in [3.63, 3.8) is 0 Å². The molecule has 2 aliphatic rings. The number of aliphatic carboxylic acids is 1. The molecule has 0 radical (unpaired) electrons. The Kier molecular flexibility index (Phi) is 3.51. The molecule has 6 heteroatoms. The lowest BCUT2D eigenvalue weighted by Crippen LogP contribution is -2.52. The van der Waals surface area contributed by atoms with Gasteiger partial charge < -0.3 is 15.2 Å². The molecule has 6 nitrogen and oxygen atoms in total. The van der Waals surface area contributed by atoms with E-state index in [4.69, 9.17) is 5.11 Å². The van der Waals surface area contributed by atoms with Crippen molar-refractivity contribution in [3.8, 4) is 0 Å². The highest BCUT2D eigenvalue weighted by Crippen LogP contribution is 2.31. The number of carboxylic acids is 1. The first kappa shape index (κ1) is 12.2. The second kappa shape index (κ2) is 4.91. The second-order valence-corrected chi connectivity index (χ2v) is 4.79. The Bertz CT molecular complexity index is 317. The molecule has 2 fully saturated rings. The highest BCUT2D eigenvalue weighted by molar-refractivity contribution is 5.71. The number of rotatable bonds is 3. The zero-order valence-electron chi connectivity index (χ0n) is 9.89. The SMILES string of the molecule is COC(=O)NC1CC(C(=O)O)CN(C2CC2)C1. The molecule has 2 rings (SSSR count). The summed E-state index contributed by atoms with van der Waals surface area (Å²) in [6.45, 7) is 1.32. The zero-order chi connectivity index (χ0) is 12.4. The molecule has 1 aliphatic carbocycles. The van der Waals surface area contributed by atoms with Gasteiger partial charge in [-0.15, -0.1) is 0 Å². The number of alkyl carbamates (subject to hydrolysis) is 1. The van der Waals surface area contributed by atoms with Crippen LogP contribution in [0.15, 0.2) is 0 Å². The molecule has 0 bridgehead atoms. The number of carboxylic acid groups (broad SMARTS) is 1. The summed E-state index contributed by atoms with van der Waals surface area (Å²) in [5.74, 6) is -1.18. The van der Waals surface area contributed by atoms with E-state index in [2.05, 4.69) is 15.0 Å². The van der Waals surface area contributed by atoms with Gasteiger partial charge in [0.1, 0.15) is 0 Å². The lowest BCUT2D eigenvalue weighted by molar-refractivity contribution is -0.144. The molecule has 0 aromatic heterocycles. The molecule has 2 unspecified atom stereocenters. The van der Waals surface area contributed by atoms with Crippen LogP contribution in [0.3, 0.4) is 0 Å². The first-order chi connectivity index (χ1) is 8.10. The van der Waals surface area contributed by atoms with Gasteiger partial charge in [0, 0.05) is 25.2 Å². The van der Waals surface area contributed by atoms with Crippen molar-refractivity contribution in [2.75, 3.05) is 20.2 Å². The summed E-state index contributed by atoms with van der Waals surface area (Å²) >= 11 is 0. The van der Waals surface area contributed by atoms with E-state index in [1.54, 1.807) is 0 Å². The maximum Gasteiger partial charge on any atom is 0.407 e. The third-order valence-corrected chi connectivity index (χ3v) is 3.40. The standard InChI is InChI=1S/C11H18N2O4/c1-17-11(16)12-8-4-7(10(14)15)5-13(6-8)9-2-3-9/h7-9H,2-6H2,1H3,(H,12,16)(H,14,15). The van der Waals surface area contributed by atoms with Crippen molar-refractivity contribution in [1.82, 2.24) is 10.2 Å². The van der Waals surface area contributed by atoms with Crippen LogP contribution in [0, 0.1) is 5.92 Å². The van der Waals surface area contributed by atoms with E-state index in [0.717, 1.165) is 19.4 Å². The average Bonchev–Trinajstić information content (AvgIpc) is 3.12. The van der Waals surface area contributed by atoms with Crippen LogP contribution in [0.4, 0.5) is 4.79 Å². The molecular formula is C11H18N2O4. The first-order valence-corrected chi connectivity index (χ1v) is 5.91. The van der Waals surface area contributed by atoms with Crippen LogP contribution < -0.4 is 5.32 Å². The van der Waals surface area contributed by atoms with Gasteiger partial charge in [-0.05, 0) is 19.3 Å². The van der Waals surface area contributed by atoms with Crippen molar-refractivity contribution >= 4 is 12.1 Å². The Morgan fingerprint density at radius 1 is 1.35 bits per heavy atom. The topological polar surface area (TPSA) is 78.9 Å². The van der Waals surface area contributed by atoms with E-state index >= 15 is 0 Å². The maximum absolute atomic E-state index is 11.1. The van der Waals surface area contributed by atoms with Crippen molar-refractivity contribution in [3.05, 3.63) is 0 Å². The quantitative estimate of drug-likeness (QED) is 0.743. The number of nitrogens with one attached hydrogen (secondary N) is 1. The number of ether oxygens (including phenoxy) is 1. The lowest BCUT2D eigenvalue weighted by atomic mass is 9.94. The van der Waals surface area contributed by atoms with E-state index in [-0.39, 0.29) is 6.04 Å². The van der Waals surface area contributed by atoms with Gasteiger partial charge in [0.2, 0.25) is 0 Å². The number of methoxy groups -OCH3 is 1. The minimum Gasteiger partial charge on any atom is -0.481 e. The van der Waals surface area contributed by atoms with E-state index in [1.807, 2.05) is 0 Å². The highest BCUT2D eigenvalue weighted by atomic mass is 16.5. The summed E-state index contributed by atoms with van der Waals surface area (Å²) in [5, 5.41) is 11.8. The third kappa shape index (κ3) is 3.09. The summed E-state index contributed by atoms with van der Waals surface area (Å²) in [6.07, 6.45) is 2.26. The molecule has 0 aromatic carbocycles. The molecule has 1 saturated heterocycles. The van der Waals surface area contributed by atoms with Crippen molar-refractivity contribution < 1.29 is 19.4 Å². The summed E-state index contributed by atoms with van der Waals surface area (Å²) < 4.78 is 4.54. The average molecular weight is 242 g/mol. The number of amides is 1. The number of hydrogen-bond donors (Lipinski definition) is 2. The van der Waals surface area contributed by atoms with Crippen LogP contribution in [0.25, 0.3) is 0 Å². The zero-order valence-corrected chi connectivity index (χ0v) is 9.89. The predicted octanol–water partition coefficient (Wildman–Crippen LogP) is 0.280. The van der Waals surface area contributed by atoms with Crippen LogP contribution >= 0.6 is 0 Å². The predicted molar refractivity (Wildman–Crippen MR) is 59.7 cm³/mol. The van der Waals surface area contributed by atoms with Gasteiger partial charge in [-0.25, -0.2) is 4.79 Å². The Morgan fingerprint density at radius 3 is 2.59 bits per heavy atom. The molecule has 0 aromatic rings. The first-order valence-electron chi connectivity index (χ1n) is 5.91. The number of carbonyl (C=O) groups excluding carboxylic acids is 1. The van der Waals surface area contributed by atoms with E-state index in [9.17, 15) is 9.59 Å². The number of likely N-dealkylation sites (tertiary alicyclic amines) is 1. The fraction of sp³-hybridized carbons (Fsp3) is 0.818. The van der Waals surface area contributed by atoms with Crippen molar-refractivity contribution in [2.24, 2.45) is 5.92 Å². The fourth-order valence-electron chi connectivity index (χ4n) is 2.38. The Morgan fingerprint density at radius 2 is 2.06 bits per heavy atom. The fourth-order valence-corrected chi connectivity index (χ4v) is 2.38. The van der Waals surface area contributed by atoms with E-state index in [1.165, 1.54) is 7.11 Å². The molecule has 2 atom stereocenters. The molecule has 2 N–H and O–H groups in total. The van der Waals surface area contributed by atoms with E-state index in [0.29, 0.717) is 19.0 Å². The van der Waals surface area contributed by atoms with E-state index < -0.39 is 18.0 Å². The van der Waals surface area contributed by atoms with Crippen LogP contribution in [0.1, 0.15) is 19.3 Å².